The Bertz CT molecular complexity index is 912. The molecule has 1 spiro atoms. The van der Waals surface area contributed by atoms with Gasteiger partial charge < -0.3 is 9.30 Å². The van der Waals surface area contributed by atoms with E-state index in [4.69, 9.17) is 0 Å². The standard InChI is InChI=1S/C17H22N4O2S/c1-18-24(23)10-4-7-17(12-24)6-3-9-21(17)16(22)15-11-14-5-2-8-20(14)13-19-15/h2,5,8,11,13H,3-4,6-7,9-10,12H2,1H3. The van der Waals surface area contributed by atoms with Crippen LogP contribution >= 0.6 is 0 Å². The van der Waals surface area contributed by atoms with E-state index >= 15 is 0 Å². The fraction of sp³-hybridized carbons (Fsp3) is 0.529. The fourth-order valence-corrected chi connectivity index (χ4v) is 6.54. The van der Waals surface area contributed by atoms with E-state index in [0.717, 1.165) is 31.2 Å². The van der Waals surface area contributed by atoms with Crippen LogP contribution in [0.3, 0.4) is 0 Å². The van der Waals surface area contributed by atoms with Crippen LogP contribution in [0.1, 0.15) is 36.2 Å². The third-order valence-corrected chi connectivity index (χ3v) is 7.99. The summed E-state index contributed by atoms with van der Waals surface area (Å²) < 4.78 is 18.9. The van der Waals surface area contributed by atoms with Gasteiger partial charge in [-0.3, -0.25) is 4.79 Å². The SMILES string of the molecule is CN=S1(=O)CCCC2(CCCN2C(=O)c2cc3cccn3cn2)C1. The highest BCUT2D eigenvalue weighted by Crippen LogP contribution is 2.39. The average Bonchev–Trinajstić information content (AvgIpc) is 3.20. The highest BCUT2D eigenvalue weighted by Gasteiger charge is 2.47. The Morgan fingerprint density at radius 2 is 2.21 bits per heavy atom. The van der Waals surface area contributed by atoms with Gasteiger partial charge in [-0.05, 0) is 43.9 Å². The minimum absolute atomic E-state index is 0.0454. The average molecular weight is 346 g/mol. The van der Waals surface area contributed by atoms with Gasteiger partial charge in [0.2, 0.25) is 0 Å². The molecule has 0 bridgehead atoms. The first-order valence-corrected chi connectivity index (χ1v) is 10.3. The van der Waals surface area contributed by atoms with E-state index in [2.05, 4.69) is 9.35 Å². The first kappa shape index (κ1) is 15.6. The molecular weight excluding hydrogens is 324 g/mol. The van der Waals surface area contributed by atoms with Crippen molar-refractivity contribution < 1.29 is 9.00 Å². The summed E-state index contributed by atoms with van der Waals surface area (Å²) in [5, 5.41) is 0. The summed E-state index contributed by atoms with van der Waals surface area (Å²) in [5.41, 5.74) is 1.12. The first-order chi connectivity index (χ1) is 11.6. The quantitative estimate of drug-likeness (QED) is 0.795. The topological polar surface area (TPSA) is 67.0 Å². The normalized spacial score (nSPS) is 30.1. The molecule has 2 aliphatic heterocycles. The molecule has 0 saturated carbocycles. The Morgan fingerprint density at radius 1 is 1.38 bits per heavy atom. The van der Waals surface area contributed by atoms with Crippen LogP contribution in [0.2, 0.25) is 0 Å². The van der Waals surface area contributed by atoms with Gasteiger partial charge in [0.15, 0.2) is 0 Å². The minimum Gasteiger partial charge on any atom is -0.331 e. The number of hydrogen-bond acceptors (Lipinski definition) is 4. The molecular formula is C17H22N4O2S. The number of fused-ring (bicyclic) bond motifs is 1. The summed E-state index contributed by atoms with van der Waals surface area (Å²) in [7, 11) is -0.544. The largest absolute Gasteiger partial charge is 0.331 e. The van der Waals surface area contributed by atoms with Gasteiger partial charge in [0.25, 0.3) is 5.91 Å². The molecule has 128 valence electrons. The summed E-state index contributed by atoms with van der Waals surface area (Å²) in [6, 6.07) is 5.72. The smallest absolute Gasteiger partial charge is 0.273 e. The predicted octanol–water partition coefficient (Wildman–Crippen LogP) is 2.20. The molecule has 2 aromatic rings. The number of likely N-dealkylation sites (tertiary alicyclic amines) is 1. The molecule has 4 heterocycles. The van der Waals surface area contributed by atoms with E-state index in [9.17, 15) is 9.00 Å². The summed E-state index contributed by atoms with van der Waals surface area (Å²) in [6.45, 7) is 0.714. The van der Waals surface area contributed by atoms with Crippen molar-refractivity contribution in [3.63, 3.8) is 0 Å². The molecule has 7 heteroatoms. The molecule has 0 N–H and O–H groups in total. The molecule has 0 aliphatic carbocycles. The zero-order valence-electron chi connectivity index (χ0n) is 13.9. The number of nitrogens with zero attached hydrogens (tertiary/aromatic N) is 4. The molecule has 2 atom stereocenters. The molecule has 2 saturated heterocycles. The van der Waals surface area contributed by atoms with E-state index < -0.39 is 9.73 Å². The van der Waals surface area contributed by atoms with Gasteiger partial charge >= 0.3 is 0 Å². The van der Waals surface area contributed by atoms with E-state index in [1.54, 1.807) is 13.4 Å². The Labute approximate surface area is 142 Å². The lowest BCUT2D eigenvalue weighted by Crippen LogP contribution is -2.54. The predicted molar refractivity (Wildman–Crippen MR) is 93.7 cm³/mol. The van der Waals surface area contributed by atoms with Crippen molar-refractivity contribution in [3.8, 4) is 0 Å². The highest BCUT2D eigenvalue weighted by molar-refractivity contribution is 7.93. The van der Waals surface area contributed by atoms with Gasteiger partial charge in [0.1, 0.15) is 5.69 Å². The van der Waals surface area contributed by atoms with Gasteiger partial charge in [0.05, 0.1) is 17.6 Å². The molecule has 6 nitrogen and oxygen atoms in total. The van der Waals surface area contributed by atoms with E-state index in [1.165, 1.54) is 0 Å². The first-order valence-electron chi connectivity index (χ1n) is 8.41. The molecule has 4 rings (SSSR count). The molecule has 2 aliphatic rings. The Morgan fingerprint density at radius 3 is 3.04 bits per heavy atom. The second-order valence-electron chi connectivity index (χ2n) is 6.81. The number of carbonyl (C=O) groups excluding carboxylic acids is 1. The minimum atomic E-state index is -2.19. The van der Waals surface area contributed by atoms with Crippen LogP contribution in [0.25, 0.3) is 5.52 Å². The molecule has 24 heavy (non-hydrogen) atoms. The van der Waals surface area contributed by atoms with Crippen LogP contribution < -0.4 is 0 Å². The van der Waals surface area contributed by atoms with Gasteiger partial charge in [-0.2, -0.15) is 0 Å². The van der Waals surface area contributed by atoms with E-state index in [0.29, 0.717) is 23.7 Å². The van der Waals surface area contributed by atoms with Gasteiger partial charge in [-0.25, -0.2) is 13.6 Å². The zero-order valence-corrected chi connectivity index (χ0v) is 14.7. The maximum absolute atomic E-state index is 13.1. The van der Waals surface area contributed by atoms with Gasteiger partial charge in [-0.1, -0.05) is 0 Å². The van der Waals surface area contributed by atoms with Crippen molar-refractivity contribution in [2.75, 3.05) is 25.1 Å². The number of amides is 1. The Kier molecular flexibility index (Phi) is 3.63. The Balaban J connectivity index is 1.69. The number of hydrogen-bond donors (Lipinski definition) is 0. The van der Waals surface area contributed by atoms with Crippen LogP contribution in [-0.4, -0.2) is 55.0 Å². The molecule has 0 aromatic carbocycles. The van der Waals surface area contributed by atoms with Crippen molar-refractivity contribution in [2.24, 2.45) is 4.36 Å². The van der Waals surface area contributed by atoms with Crippen LogP contribution in [-0.2, 0) is 9.73 Å². The molecule has 2 aromatic heterocycles. The summed E-state index contributed by atoms with van der Waals surface area (Å²) >= 11 is 0. The van der Waals surface area contributed by atoms with Crippen molar-refractivity contribution in [1.29, 1.82) is 0 Å². The van der Waals surface area contributed by atoms with Crippen molar-refractivity contribution in [3.05, 3.63) is 36.4 Å². The summed E-state index contributed by atoms with van der Waals surface area (Å²) in [4.78, 5) is 19.4. The molecule has 0 radical (unpaired) electrons. The third-order valence-electron chi connectivity index (χ3n) is 5.41. The zero-order chi connectivity index (χ0) is 16.8. The Hall–Kier alpha value is -1.89. The lowest BCUT2D eigenvalue weighted by molar-refractivity contribution is 0.0602. The number of rotatable bonds is 1. The van der Waals surface area contributed by atoms with Crippen LogP contribution in [0, 0.1) is 0 Å². The fourth-order valence-electron chi connectivity index (χ4n) is 4.20. The second-order valence-corrected chi connectivity index (χ2v) is 9.41. The summed E-state index contributed by atoms with van der Waals surface area (Å²) in [5.74, 6) is 1.12. The van der Waals surface area contributed by atoms with Crippen LogP contribution in [0.5, 0.6) is 0 Å². The third kappa shape index (κ3) is 2.42. The van der Waals surface area contributed by atoms with Crippen LogP contribution in [0.4, 0.5) is 0 Å². The second kappa shape index (κ2) is 5.58. The maximum atomic E-state index is 13.1. The molecule has 2 fully saturated rings. The van der Waals surface area contributed by atoms with Crippen LogP contribution in [0.15, 0.2) is 35.1 Å². The lowest BCUT2D eigenvalue weighted by Gasteiger charge is -2.42. The number of carbonyl (C=O) groups is 1. The lowest BCUT2D eigenvalue weighted by atomic mass is 9.92. The van der Waals surface area contributed by atoms with Crippen molar-refractivity contribution >= 4 is 21.2 Å². The van der Waals surface area contributed by atoms with E-state index in [-0.39, 0.29) is 11.4 Å². The van der Waals surface area contributed by atoms with Crippen molar-refractivity contribution in [2.45, 2.75) is 31.2 Å². The van der Waals surface area contributed by atoms with E-state index in [1.807, 2.05) is 33.7 Å². The van der Waals surface area contributed by atoms with Gasteiger partial charge in [-0.15, -0.1) is 0 Å². The molecule has 2 unspecified atom stereocenters. The maximum Gasteiger partial charge on any atom is 0.273 e. The van der Waals surface area contributed by atoms with Crippen molar-refractivity contribution in [1.82, 2.24) is 14.3 Å². The summed E-state index contributed by atoms with van der Waals surface area (Å²) in [6.07, 6.45) is 7.24. The number of aromatic nitrogens is 2. The highest BCUT2D eigenvalue weighted by atomic mass is 32.2. The monoisotopic (exact) mass is 346 g/mol. The molecule has 1 amide bonds. The van der Waals surface area contributed by atoms with Gasteiger partial charge in [0, 0.05) is 40.8 Å².